The number of pyridine rings is 2. The van der Waals surface area contributed by atoms with Crippen LogP contribution in [-0.2, 0) is 32.7 Å². The first kappa shape index (κ1) is 40.7. The van der Waals surface area contributed by atoms with Crippen LogP contribution in [0.3, 0.4) is 0 Å². The standard InChI is InChI=1S/C47H33F5N6.Pt/c1-46(2,43-28-36(26-40(53-43)38-24-23-31(48)25-39(38)49)57(32-15-7-3-8-16-32)33-17-9-4-10-18-33)44-29-37(27-41(54-44)42-30-45(56-55-42)47(50,51)52)58(34-19-11-5-12-20-34)35-21-13-6-14-22-35;/h3-23,25-30H,1-2H3;/q-2;+2. The van der Waals surface area contributed by atoms with Gasteiger partial charge in [-0.3, -0.25) is 13.8 Å². The Morgan fingerprint density at radius 1 is 0.525 bits per heavy atom. The van der Waals surface area contributed by atoms with Gasteiger partial charge in [0, 0.05) is 51.2 Å². The van der Waals surface area contributed by atoms with Crippen LogP contribution in [0, 0.1) is 17.7 Å². The molecule has 5 aromatic carbocycles. The topological polar surface area (TPSA) is 59.3 Å². The van der Waals surface area contributed by atoms with E-state index in [4.69, 9.17) is 9.97 Å². The summed E-state index contributed by atoms with van der Waals surface area (Å²) in [6, 6.07) is 50.8. The molecule has 12 heteroatoms. The van der Waals surface area contributed by atoms with Gasteiger partial charge in [0.1, 0.15) is 5.69 Å². The van der Waals surface area contributed by atoms with Crippen molar-refractivity contribution in [3.8, 4) is 22.6 Å². The van der Waals surface area contributed by atoms with Crippen molar-refractivity contribution in [2.45, 2.75) is 25.4 Å². The minimum Gasteiger partial charge on any atom is -0.573 e. The van der Waals surface area contributed by atoms with Crippen LogP contribution >= 0.6 is 0 Å². The molecule has 0 amide bonds. The van der Waals surface area contributed by atoms with Crippen LogP contribution < -0.4 is 14.9 Å². The van der Waals surface area contributed by atoms with Crippen molar-refractivity contribution in [3.63, 3.8) is 0 Å². The van der Waals surface area contributed by atoms with Crippen molar-refractivity contribution in [1.82, 2.24) is 20.2 Å². The zero-order valence-corrected chi connectivity index (χ0v) is 33.7. The molecule has 0 aliphatic carbocycles. The van der Waals surface area contributed by atoms with Crippen molar-refractivity contribution < 1.29 is 43.0 Å². The molecular weight excluding hydrogens is 939 g/mol. The number of halogens is 5. The van der Waals surface area contributed by atoms with Crippen molar-refractivity contribution in [2.75, 3.05) is 9.80 Å². The van der Waals surface area contributed by atoms with Crippen molar-refractivity contribution in [2.24, 2.45) is 0 Å². The normalized spacial score (nSPS) is 11.5. The SMILES string of the molecule is CC(C)(c1cc(N(c2ccccc2)c2ccccc2)cc(-c2cc(C(F)(F)F)n[n-]2)n1)c1cc(N(c2ccccc2)c2ccccc2)cc(-c2[c-]cc(F)cc2F)n1.[Pt+2]. The van der Waals surface area contributed by atoms with Gasteiger partial charge >= 0.3 is 27.2 Å². The second-order valence-electron chi connectivity index (χ2n) is 14.0. The number of hydrogen-bond acceptors (Lipinski definition) is 5. The van der Waals surface area contributed by atoms with E-state index in [0.717, 1.165) is 40.9 Å². The summed E-state index contributed by atoms with van der Waals surface area (Å²) in [5.74, 6) is -1.63. The second kappa shape index (κ2) is 16.8. The molecule has 8 rings (SSSR count). The van der Waals surface area contributed by atoms with Crippen LogP contribution in [0.4, 0.5) is 56.1 Å². The fraction of sp³-hybridized carbons (Fsp3) is 0.0851. The van der Waals surface area contributed by atoms with Gasteiger partial charge < -0.3 is 25.0 Å². The van der Waals surface area contributed by atoms with Gasteiger partial charge in [-0.15, -0.1) is 12.1 Å². The van der Waals surface area contributed by atoms with Gasteiger partial charge in [0.2, 0.25) is 0 Å². The van der Waals surface area contributed by atoms with E-state index < -0.39 is 28.9 Å². The molecule has 0 N–H and O–H groups in total. The van der Waals surface area contributed by atoms with Crippen LogP contribution in [0.15, 0.2) is 164 Å². The molecule has 6 nitrogen and oxygen atoms in total. The van der Waals surface area contributed by atoms with E-state index in [9.17, 15) is 17.6 Å². The quantitative estimate of drug-likeness (QED) is 0.101. The predicted molar refractivity (Wildman–Crippen MR) is 216 cm³/mol. The summed E-state index contributed by atoms with van der Waals surface area (Å²) in [5, 5.41) is 7.36. The molecule has 0 fully saturated rings. The molecule has 0 aliphatic rings. The van der Waals surface area contributed by atoms with Crippen molar-refractivity contribution in [3.05, 3.63) is 199 Å². The number of anilines is 6. The van der Waals surface area contributed by atoms with E-state index in [-0.39, 0.29) is 43.7 Å². The van der Waals surface area contributed by atoms with E-state index in [1.165, 1.54) is 0 Å². The van der Waals surface area contributed by atoms with Crippen LogP contribution in [-0.4, -0.2) is 15.1 Å². The Labute approximate surface area is 352 Å². The van der Waals surface area contributed by atoms with E-state index in [1.807, 2.05) is 157 Å². The molecule has 3 aromatic heterocycles. The maximum absolute atomic E-state index is 15.6. The summed E-state index contributed by atoms with van der Waals surface area (Å²) < 4.78 is 71.4. The number of alkyl halides is 3. The van der Waals surface area contributed by atoms with Gasteiger partial charge in [0.25, 0.3) is 0 Å². The number of aromatic nitrogens is 4. The van der Waals surface area contributed by atoms with E-state index in [1.54, 1.807) is 12.1 Å². The number of hydrogen-bond donors (Lipinski definition) is 0. The van der Waals surface area contributed by atoms with Gasteiger partial charge in [-0.1, -0.05) is 96.2 Å². The molecule has 0 bridgehead atoms. The van der Waals surface area contributed by atoms with Gasteiger partial charge in [-0.05, 0) is 92.3 Å². The number of rotatable bonds is 10. The maximum Gasteiger partial charge on any atom is 2.00 e. The van der Waals surface area contributed by atoms with Gasteiger partial charge in [-0.2, -0.15) is 13.2 Å². The summed E-state index contributed by atoms with van der Waals surface area (Å²) in [6.07, 6.45) is -4.72. The third-order valence-electron chi connectivity index (χ3n) is 9.68. The van der Waals surface area contributed by atoms with E-state index in [2.05, 4.69) is 16.3 Å². The molecule has 0 saturated carbocycles. The maximum atomic E-state index is 15.6. The first-order valence-electron chi connectivity index (χ1n) is 18.3. The summed E-state index contributed by atoms with van der Waals surface area (Å²) >= 11 is 0. The van der Waals surface area contributed by atoms with E-state index in [0.29, 0.717) is 22.8 Å². The molecule has 0 radical (unpaired) electrons. The Bertz CT molecular complexity index is 2600. The first-order valence-corrected chi connectivity index (χ1v) is 18.3. The summed E-state index contributed by atoms with van der Waals surface area (Å²) in [7, 11) is 0. The van der Waals surface area contributed by atoms with Crippen molar-refractivity contribution >= 4 is 34.1 Å². The van der Waals surface area contributed by atoms with Gasteiger partial charge in [0.15, 0.2) is 0 Å². The molecule has 8 aromatic rings. The van der Waals surface area contributed by atoms with Crippen LogP contribution in [0.5, 0.6) is 0 Å². The fourth-order valence-electron chi connectivity index (χ4n) is 6.72. The molecule has 0 saturated heterocycles. The number of para-hydroxylation sites is 4. The Morgan fingerprint density at radius 2 is 0.949 bits per heavy atom. The van der Waals surface area contributed by atoms with E-state index >= 15 is 4.39 Å². The monoisotopic (exact) mass is 971 g/mol. The largest absolute Gasteiger partial charge is 2.00 e. The Hall–Kier alpha value is -6.45. The molecule has 3 heterocycles. The third kappa shape index (κ3) is 8.57. The zero-order chi connectivity index (χ0) is 40.4. The summed E-state index contributed by atoms with van der Waals surface area (Å²) in [5.41, 5.74) is 3.14. The minimum absolute atomic E-state index is 0. The number of nitrogens with zero attached hydrogens (tertiary/aromatic N) is 6. The average Bonchev–Trinajstić information content (AvgIpc) is 3.75. The minimum atomic E-state index is -4.72. The fourth-order valence-corrected chi connectivity index (χ4v) is 6.72. The molecule has 0 atom stereocenters. The molecule has 296 valence electrons. The second-order valence-corrected chi connectivity index (χ2v) is 14.0. The molecule has 0 aliphatic heterocycles. The Kier molecular flexibility index (Phi) is 11.6. The Balaban J connectivity index is 0.00000528. The van der Waals surface area contributed by atoms with Gasteiger partial charge in [-0.25, -0.2) is 0 Å². The van der Waals surface area contributed by atoms with Crippen LogP contribution in [0.25, 0.3) is 22.6 Å². The van der Waals surface area contributed by atoms with Gasteiger partial charge in [0.05, 0.1) is 17.1 Å². The zero-order valence-electron chi connectivity index (χ0n) is 31.5. The molecular formula is C47H33F5N6Pt. The third-order valence-corrected chi connectivity index (χ3v) is 9.68. The molecule has 59 heavy (non-hydrogen) atoms. The smallest absolute Gasteiger partial charge is 0.573 e. The molecule has 0 spiro atoms. The Morgan fingerprint density at radius 3 is 1.36 bits per heavy atom. The molecule has 0 unspecified atom stereocenters. The summed E-state index contributed by atoms with van der Waals surface area (Å²) in [4.78, 5) is 13.9. The first-order chi connectivity index (χ1) is 28.0. The van der Waals surface area contributed by atoms with Crippen molar-refractivity contribution in [1.29, 1.82) is 0 Å². The number of benzene rings is 5. The predicted octanol–water partition coefficient (Wildman–Crippen LogP) is 12.5. The summed E-state index contributed by atoms with van der Waals surface area (Å²) in [6.45, 7) is 3.76. The van der Waals surface area contributed by atoms with Crippen LogP contribution in [0.1, 0.15) is 30.9 Å². The average molecular weight is 972 g/mol. The van der Waals surface area contributed by atoms with Crippen LogP contribution in [0.2, 0.25) is 0 Å².